The van der Waals surface area contributed by atoms with Crippen LogP contribution in [-0.4, -0.2) is 45.9 Å². The van der Waals surface area contributed by atoms with Crippen LogP contribution >= 0.6 is 0 Å². The Morgan fingerprint density at radius 1 is 1.29 bits per heavy atom. The average Bonchev–Trinajstić information content (AvgIpc) is 2.61. The first-order valence-corrected chi connectivity index (χ1v) is 9.56. The number of hydrogen-bond acceptors (Lipinski definition) is 6. The largest absolute Gasteiger partial charge is 0.507 e. The topological polar surface area (TPSA) is 112 Å². The summed E-state index contributed by atoms with van der Waals surface area (Å²) in [5.74, 6) is -1.95. The summed E-state index contributed by atoms with van der Waals surface area (Å²) in [4.78, 5) is 36.3. The van der Waals surface area contributed by atoms with E-state index in [4.69, 9.17) is 0 Å². The molecule has 1 aliphatic carbocycles. The Labute approximate surface area is 164 Å². The molecular weight excluding hydrogens is 360 g/mol. The van der Waals surface area contributed by atoms with Crippen molar-refractivity contribution >= 4 is 23.4 Å². The third-order valence-corrected chi connectivity index (χ3v) is 5.53. The summed E-state index contributed by atoms with van der Waals surface area (Å²) in [5, 5.41) is 29.3. The predicted octanol–water partition coefficient (Wildman–Crippen LogP) is 2.33. The summed E-state index contributed by atoms with van der Waals surface area (Å²) in [6.07, 6.45) is 2.94. The van der Waals surface area contributed by atoms with E-state index in [9.17, 15) is 29.7 Å². The van der Waals surface area contributed by atoms with Gasteiger partial charge in [0, 0.05) is 18.9 Å². The molecule has 0 aliphatic heterocycles. The maximum Gasteiger partial charge on any atom is 0.167 e. The van der Waals surface area contributed by atoms with E-state index >= 15 is 0 Å². The van der Waals surface area contributed by atoms with Crippen LogP contribution in [0, 0.1) is 17.8 Å². The summed E-state index contributed by atoms with van der Waals surface area (Å²) in [6.45, 7) is 4.55. The van der Waals surface area contributed by atoms with Crippen molar-refractivity contribution < 1.29 is 29.7 Å². The molecular formula is C22H28O6. The molecule has 0 saturated heterocycles. The van der Waals surface area contributed by atoms with Crippen LogP contribution in [0.3, 0.4) is 0 Å². The molecule has 0 spiro atoms. The van der Waals surface area contributed by atoms with Gasteiger partial charge in [0.15, 0.2) is 5.78 Å². The molecule has 1 aliphatic rings. The van der Waals surface area contributed by atoms with Gasteiger partial charge in [-0.05, 0) is 55.2 Å². The number of fused-ring (bicyclic) bond motifs is 1. The number of aromatic hydroxyl groups is 1. The normalized spacial score (nSPS) is 18.2. The van der Waals surface area contributed by atoms with E-state index in [1.165, 1.54) is 13.0 Å². The molecule has 0 aromatic heterocycles. The summed E-state index contributed by atoms with van der Waals surface area (Å²) in [6, 6.07) is 3.21. The standard InChI is InChI=1S/C22H28O6/c1-3-15-4-5-19(26)22-17(15)10-14(11-21(22)28)9-16(6-7-23)18(12-24)20(27)8-13(2)25/h3-5,14,16,18,23-24,26H,1,6-12H2,2H3. The van der Waals surface area contributed by atoms with Crippen LogP contribution in [0.25, 0.3) is 6.08 Å². The quantitative estimate of drug-likeness (QED) is 0.531. The highest BCUT2D eigenvalue weighted by Crippen LogP contribution is 2.38. The second-order valence-electron chi connectivity index (χ2n) is 7.57. The summed E-state index contributed by atoms with van der Waals surface area (Å²) >= 11 is 0. The van der Waals surface area contributed by atoms with Crippen molar-refractivity contribution in [1.29, 1.82) is 0 Å². The van der Waals surface area contributed by atoms with Gasteiger partial charge in [0.05, 0.1) is 18.6 Å². The number of carbonyl (C=O) groups excluding carboxylic acids is 3. The minimum Gasteiger partial charge on any atom is -0.507 e. The lowest BCUT2D eigenvalue weighted by Gasteiger charge is -2.31. The fourth-order valence-electron chi connectivity index (χ4n) is 4.23. The third kappa shape index (κ3) is 4.94. The van der Waals surface area contributed by atoms with Crippen molar-refractivity contribution in [1.82, 2.24) is 0 Å². The van der Waals surface area contributed by atoms with Crippen LogP contribution < -0.4 is 0 Å². The van der Waals surface area contributed by atoms with Gasteiger partial charge < -0.3 is 15.3 Å². The summed E-state index contributed by atoms with van der Waals surface area (Å²) in [7, 11) is 0. The van der Waals surface area contributed by atoms with Gasteiger partial charge in [0.1, 0.15) is 17.3 Å². The minimum atomic E-state index is -0.740. The number of aliphatic hydroxyl groups is 2. The minimum absolute atomic E-state index is 0.0409. The summed E-state index contributed by atoms with van der Waals surface area (Å²) < 4.78 is 0. The molecule has 2 rings (SSSR count). The van der Waals surface area contributed by atoms with Gasteiger partial charge in [-0.1, -0.05) is 18.7 Å². The lowest BCUT2D eigenvalue weighted by Crippen LogP contribution is -2.32. The Hall–Kier alpha value is -2.31. The van der Waals surface area contributed by atoms with E-state index in [0.717, 1.165) is 11.1 Å². The molecule has 1 aromatic carbocycles. The molecule has 0 heterocycles. The van der Waals surface area contributed by atoms with Gasteiger partial charge in [0.25, 0.3) is 0 Å². The highest BCUT2D eigenvalue weighted by Gasteiger charge is 2.34. The molecule has 0 bridgehead atoms. The van der Waals surface area contributed by atoms with Gasteiger partial charge in [-0.15, -0.1) is 0 Å². The monoisotopic (exact) mass is 388 g/mol. The number of carbonyl (C=O) groups is 3. The van der Waals surface area contributed by atoms with Crippen molar-refractivity contribution in [2.45, 2.75) is 39.0 Å². The molecule has 3 unspecified atom stereocenters. The van der Waals surface area contributed by atoms with Crippen LogP contribution in [0.1, 0.15) is 54.1 Å². The van der Waals surface area contributed by atoms with Crippen molar-refractivity contribution in [2.24, 2.45) is 17.8 Å². The first kappa shape index (κ1) is 22.0. The molecule has 0 fully saturated rings. The Kier molecular flexibility index (Phi) is 7.66. The van der Waals surface area contributed by atoms with Crippen LogP contribution in [0.5, 0.6) is 5.75 Å². The molecule has 0 radical (unpaired) electrons. The first-order valence-electron chi connectivity index (χ1n) is 9.56. The molecule has 6 heteroatoms. The molecule has 0 amide bonds. The van der Waals surface area contributed by atoms with Crippen LogP contribution in [0.2, 0.25) is 0 Å². The first-order chi connectivity index (χ1) is 13.3. The van der Waals surface area contributed by atoms with Crippen LogP contribution in [-0.2, 0) is 16.0 Å². The summed E-state index contributed by atoms with van der Waals surface area (Å²) in [5.41, 5.74) is 1.87. The molecule has 152 valence electrons. The van der Waals surface area contributed by atoms with Gasteiger partial charge >= 0.3 is 0 Å². The smallest absolute Gasteiger partial charge is 0.167 e. The number of ketones is 3. The number of rotatable bonds is 10. The van der Waals surface area contributed by atoms with Gasteiger partial charge in [-0.2, -0.15) is 0 Å². The van der Waals surface area contributed by atoms with E-state index in [1.807, 2.05) is 0 Å². The van der Waals surface area contributed by atoms with Gasteiger partial charge in [-0.25, -0.2) is 0 Å². The highest BCUT2D eigenvalue weighted by molar-refractivity contribution is 6.02. The van der Waals surface area contributed by atoms with E-state index in [0.29, 0.717) is 24.8 Å². The van der Waals surface area contributed by atoms with Gasteiger partial charge in [-0.3, -0.25) is 14.4 Å². The highest BCUT2D eigenvalue weighted by atomic mass is 16.3. The Bertz CT molecular complexity index is 767. The van der Waals surface area contributed by atoms with Crippen molar-refractivity contribution in [2.75, 3.05) is 13.2 Å². The molecule has 3 N–H and O–H groups in total. The SMILES string of the molecule is C=Cc1ccc(O)c2c1CC(CC(CCO)C(CO)C(=O)CC(C)=O)CC2=O. The van der Waals surface area contributed by atoms with Crippen molar-refractivity contribution in [3.05, 3.63) is 35.4 Å². The average molecular weight is 388 g/mol. The molecule has 0 saturated carbocycles. The van der Waals surface area contributed by atoms with Crippen molar-refractivity contribution in [3.8, 4) is 5.75 Å². The molecule has 28 heavy (non-hydrogen) atoms. The van der Waals surface area contributed by atoms with E-state index in [1.54, 1.807) is 12.1 Å². The molecule has 1 aromatic rings. The lowest BCUT2D eigenvalue weighted by molar-refractivity contribution is -0.131. The number of Topliss-reactive ketones (excluding diaryl/α,β-unsaturated/α-hetero) is 3. The Morgan fingerprint density at radius 3 is 2.57 bits per heavy atom. The fourth-order valence-corrected chi connectivity index (χ4v) is 4.23. The lowest BCUT2D eigenvalue weighted by atomic mass is 9.73. The van der Waals surface area contributed by atoms with E-state index in [-0.39, 0.29) is 54.4 Å². The third-order valence-electron chi connectivity index (χ3n) is 5.53. The number of phenols is 1. The van der Waals surface area contributed by atoms with E-state index < -0.39 is 12.5 Å². The zero-order valence-electron chi connectivity index (χ0n) is 16.2. The predicted molar refractivity (Wildman–Crippen MR) is 105 cm³/mol. The zero-order chi connectivity index (χ0) is 20.8. The Morgan fingerprint density at radius 2 is 2.00 bits per heavy atom. The molecule has 3 atom stereocenters. The zero-order valence-corrected chi connectivity index (χ0v) is 16.2. The van der Waals surface area contributed by atoms with Crippen molar-refractivity contribution in [3.63, 3.8) is 0 Å². The number of hydrogen-bond donors (Lipinski definition) is 3. The van der Waals surface area contributed by atoms with Gasteiger partial charge in [0.2, 0.25) is 0 Å². The number of phenolic OH excluding ortho intramolecular Hbond substituents is 1. The fraction of sp³-hybridized carbons (Fsp3) is 0.500. The molecule has 6 nitrogen and oxygen atoms in total. The number of benzene rings is 1. The number of aliphatic hydroxyl groups excluding tert-OH is 2. The maximum atomic E-state index is 12.6. The maximum absolute atomic E-state index is 12.6. The van der Waals surface area contributed by atoms with Crippen LogP contribution in [0.4, 0.5) is 0 Å². The van der Waals surface area contributed by atoms with Crippen LogP contribution in [0.15, 0.2) is 18.7 Å². The second kappa shape index (κ2) is 9.75. The second-order valence-corrected chi connectivity index (χ2v) is 7.57. The Balaban J connectivity index is 2.25. The van der Waals surface area contributed by atoms with E-state index in [2.05, 4.69) is 6.58 Å².